The van der Waals surface area contributed by atoms with Crippen molar-refractivity contribution in [1.82, 2.24) is 0 Å². The number of ether oxygens (including phenoxy) is 3. The molecule has 0 atom stereocenters. The Hall–Kier alpha value is -1.90. The molecule has 2 aromatic carbocycles. The second-order valence-electron chi connectivity index (χ2n) is 3.81. The first kappa shape index (κ1) is 12.6. The van der Waals surface area contributed by atoms with Crippen LogP contribution in [-0.2, 0) is 0 Å². The number of rotatable bonds is 5. The molecule has 0 aliphatic carbocycles. The van der Waals surface area contributed by atoms with E-state index in [1.807, 2.05) is 44.2 Å². The summed E-state index contributed by atoms with van der Waals surface area (Å²) in [5, 5.41) is 2.06. The van der Waals surface area contributed by atoms with Crippen molar-refractivity contribution >= 4 is 10.8 Å². The van der Waals surface area contributed by atoms with E-state index in [0.717, 1.165) is 28.0 Å². The van der Waals surface area contributed by atoms with Crippen LogP contribution in [0.1, 0.15) is 13.8 Å². The van der Waals surface area contributed by atoms with Crippen LogP contribution in [0.3, 0.4) is 0 Å². The molecule has 0 heterocycles. The van der Waals surface area contributed by atoms with Gasteiger partial charge in [-0.2, -0.15) is 0 Å². The average Bonchev–Trinajstić information content (AvgIpc) is 2.40. The molecule has 0 saturated heterocycles. The number of methoxy groups -OCH3 is 1. The Kier molecular flexibility index (Phi) is 3.92. The zero-order valence-corrected chi connectivity index (χ0v) is 11.0. The maximum absolute atomic E-state index is 5.69. The minimum Gasteiger partial charge on any atom is -0.493 e. The quantitative estimate of drug-likeness (QED) is 0.806. The van der Waals surface area contributed by atoms with Gasteiger partial charge in [0, 0.05) is 10.8 Å². The van der Waals surface area contributed by atoms with Gasteiger partial charge in [0.2, 0.25) is 0 Å². The first-order chi connectivity index (χ1) is 8.81. The Morgan fingerprint density at radius 2 is 1.61 bits per heavy atom. The predicted octanol–water partition coefficient (Wildman–Crippen LogP) is 3.65. The highest BCUT2D eigenvalue weighted by Crippen LogP contribution is 2.39. The molecule has 0 N–H and O–H groups in total. The molecule has 0 aromatic heterocycles. The van der Waals surface area contributed by atoms with Crippen LogP contribution in [0, 0.1) is 0 Å². The second-order valence-corrected chi connectivity index (χ2v) is 3.81. The molecule has 0 radical (unpaired) electrons. The SMILES string of the molecule is CCOc1cccc2c(OCC)c(OC)ccc12. The van der Waals surface area contributed by atoms with Gasteiger partial charge in [-0.15, -0.1) is 0 Å². The Balaban J connectivity index is 2.65. The number of hydrogen-bond donors (Lipinski definition) is 0. The molecule has 2 rings (SSSR count). The third kappa shape index (κ3) is 2.21. The van der Waals surface area contributed by atoms with Crippen molar-refractivity contribution < 1.29 is 14.2 Å². The largest absolute Gasteiger partial charge is 0.493 e. The van der Waals surface area contributed by atoms with Gasteiger partial charge in [-0.25, -0.2) is 0 Å². The third-order valence-electron chi connectivity index (χ3n) is 2.74. The van der Waals surface area contributed by atoms with Crippen LogP contribution < -0.4 is 14.2 Å². The van der Waals surface area contributed by atoms with E-state index in [1.165, 1.54) is 0 Å². The summed E-state index contributed by atoms with van der Waals surface area (Å²) in [7, 11) is 1.65. The number of fused-ring (bicyclic) bond motifs is 1. The van der Waals surface area contributed by atoms with Gasteiger partial charge >= 0.3 is 0 Å². The minimum atomic E-state index is 0.605. The lowest BCUT2D eigenvalue weighted by molar-refractivity contribution is 0.314. The third-order valence-corrected chi connectivity index (χ3v) is 2.74. The van der Waals surface area contributed by atoms with Gasteiger partial charge in [-0.1, -0.05) is 12.1 Å². The van der Waals surface area contributed by atoms with E-state index < -0.39 is 0 Å². The zero-order chi connectivity index (χ0) is 13.0. The van der Waals surface area contributed by atoms with Gasteiger partial charge in [0.05, 0.1) is 20.3 Å². The van der Waals surface area contributed by atoms with Crippen molar-refractivity contribution in [2.45, 2.75) is 13.8 Å². The van der Waals surface area contributed by atoms with E-state index in [4.69, 9.17) is 14.2 Å². The highest BCUT2D eigenvalue weighted by atomic mass is 16.5. The second kappa shape index (κ2) is 5.63. The molecule has 3 heteroatoms. The summed E-state index contributed by atoms with van der Waals surface area (Å²) in [6.07, 6.45) is 0. The molecule has 18 heavy (non-hydrogen) atoms. The van der Waals surface area contributed by atoms with Gasteiger partial charge in [-0.3, -0.25) is 0 Å². The molecule has 0 amide bonds. The molecule has 3 nitrogen and oxygen atoms in total. The van der Waals surface area contributed by atoms with Crippen LogP contribution in [0.15, 0.2) is 30.3 Å². The fourth-order valence-corrected chi connectivity index (χ4v) is 2.02. The first-order valence-corrected chi connectivity index (χ1v) is 6.17. The summed E-state index contributed by atoms with van der Waals surface area (Å²) < 4.78 is 16.7. The van der Waals surface area contributed by atoms with Gasteiger partial charge in [0.15, 0.2) is 11.5 Å². The highest BCUT2D eigenvalue weighted by molar-refractivity contribution is 5.95. The first-order valence-electron chi connectivity index (χ1n) is 6.17. The van der Waals surface area contributed by atoms with Crippen molar-refractivity contribution in [1.29, 1.82) is 0 Å². The lowest BCUT2D eigenvalue weighted by Crippen LogP contribution is -1.98. The predicted molar refractivity (Wildman–Crippen MR) is 72.8 cm³/mol. The maximum Gasteiger partial charge on any atom is 0.169 e. The molecule has 0 fully saturated rings. The fourth-order valence-electron chi connectivity index (χ4n) is 2.02. The lowest BCUT2D eigenvalue weighted by Gasteiger charge is -2.14. The summed E-state index contributed by atoms with van der Waals surface area (Å²) in [5.74, 6) is 2.40. The van der Waals surface area contributed by atoms with E-state index in [-0.39, 0.29) is 0 Å². The van der Waals surface area contributed by atoms with Crippen molar-refractivity contribution in [3.8, 4) is 17.2 Å². The standard InChI is InChI=1S/C15H18O3/c1-4-17-13-8-6-7-12-11(13)9-10-14(16-3)15(12)18-5-2/h6-10H,4-5H2,1-3H3. The summed E-state index contributed by atoms with van der Waals surface area (Å²) >= 11 is 0. The van der Waals surface area contributed by atoms with Crippen LogP contribution >= 0.6 is 0 Å². The van der Waals surface area contributed by atoms with Crippen LogP contribution in [0.5, 0.6) is 17.2 Å². The Morgan fingerprint density at radius 3 is 2.28 bits per heavy atom. The fraction of sp³-hybridized carbons (Fsp3) is 0.333. The molecule has 0 bridgehead atoms. The molecular formula is C15H18O3. The Labute approximate surface area is 107 Å². The van der Waals surface area contributed by atoms with Crippen molar-refractivity contribution in [2.75, 3.05) is 20.3 Å². The van der Waals surface area contributed by atoms with Gasteiger partial charge in [0.1, 0.15) is 5.75 Å². The summed E-state index contributed by atoms with van der Waals surface area (Å²) in [6, 6.07) is 9.87. The van der Waals surface area contributed by atoms with E-state index >= 15 is 0 Å². The van der Waals surface area contributed by atoms with Gasteiger partial charge in [0.25, 0.3) is 0 Å². The molecule has 0 aliphatic heterocycles. The smallest absolute Gasteiger partial charge is 0.169 e. The number of benzene rings is 2. The normalized spacial score (nSPS) is 10.4. The molecule has 2 aromatic rings. The molecule has 0 unspecified atom stereocenters. The van der Waals surface area contributed by atoms with Crippen LogP contribution in [-0.4, -0.2) is 20.3 Å². The summed E-state index contributed by atoms with van der Waals surface area (Å²) in [6.45, 7) is 5.19. The molecule has 0 saturated carbocycles. The van der Waals surface area contributed by atoms with Crippen molar-refractivity contribution in [3.05, 3.63) is 30.3 Å². The van der Waals surface area contributed by atoms with Crippen LogP contribution in [0.4, 0.5) is 0 Å². The van der Waals surface area contributed by atoms with Gasteiger partial charge < -0.3 is 14.2 Å². The van der Waals surface area contributed by atoms with Crippen molar-refractivity contribution in [2.24, 2.45) is 0 Å². The molecule has 0 aliphatic rings. The van der Waals surface area contributed by atoms with Crippen LogP contribution in [0.25, 0.3) is 10.8 Å². The Bertz CT molecular complexity index is 534. The maximum atomic E-state index is 5.69. The van der Waals surface area contributed by atoms with E-state index in [9.17, 15) is 0 Å². The van der Waals surface area contributed by atoms with E-state index in [0.29, 0.717) is 13.2 Å². The monoisotopic (exact) mass is 246 g/mol. The minimum absolute atomic E-state index is 0.605. The summed E-state index contributed by atoms with van der Waals surface area (Å²) in [4.78, 5) is 0. The van der Waals surface area contributed by atoms with Gasteiger partial charge in [-0.05, 0) is 32.0 Å². The number of hydrogen-bond acceptors (Lipinski definition) is 3. The molecular weight excluding hydrogens is 228 g/mol. The highest BCUT2D eigenvalue weighted by Gasteiger charge is 2.11. The zero-order valence-electron chi connectivity index (χ0n) is 11.0. The topological polar surface area (TPSA) is 27.7 Å². The van der Waals surface area contributed by atoms with Crippen LogP contribution in [0.2, 0.25) is 0 Å². The summed E-state index contributed by atoms with van der Waals surface area (Å²) in [5.41, 5.74) is 0. The van der Waals surface area contributed by atoms with E-state index in [1.54, 1.807) is 7.11 Å². The van der Waals surface area contributed by atoms with Crippen molar-refractivity contribution in [3.63, 3.8) is 0 Å². The average molecular weight is 246 g/mol. The Morgan fingerprint density at radius 1 is 0.833 bits per heavy atom. The molecule has 96 valence electrons. The molecule has 0 spiro atoms. The van der Waals surface area contributed by atoms with E-state index in [2.05, 4.69) is 0 Å². The lowest BCUT2D eigenvalue weighted by atomic mass is 10.1.